The third-order valence-corrected chi connectivity index (χ3v) is 6.14. The minimum absolute atomic E-state index is 0.526. The topological polar surface area (TPSA) is 25.4 Å². The van der Waals surface area contributed by atoms with Crippen molar-refractivity contribution in [3.05, 3.63) is 34.2 Å². The number of morpholine rings is 1. The van der Waals surface area contributed by atoms with Crippen molar-refractivity contribution in [2.75, 3.05) is 18.1 Å². The Labute approximate surface area is 135 Å². The second kappa shape index (κ2) is 5.36. The van der Waals surface area contributed by atoms with Crippen molar-refractivity contribution in [2.45, 2.75) is 45.7 Å². The van der Waals surface area contributed by atoms with Crippen molar-refractivity contribution >= 4 is 16.5 Å². The maximum Gasteiger partial charge on any atom is 0.186 e. The van der Waals surface area contributed by atoms with Gasteiger partial charge in [0.1, 0.15) is 0 Å². The van der Waals surface area contributed by atoms with Gasteiger partial charge in [0.05, 0.1) is 31.0 Å². The van der Waals surface area contributed by atoms with Gasteiger partial charge in [-0.2, -0.15) is 0 Å². The van der Waals surface area contributed by atoms with E-state index in [0.717, 1.165) is 18.9 Å². The van der Waals surface area contributed by atoms with Crippen molar-refractivity contribution in [3.63, 3.8) is 0 Å². The van der Waals surface area contributed by atoms with Gasteiger partial charge in [0.15, 0.2) is 5.13 Å². The maximum absolute atomic E-state index is 5.68. The largest absolute Gasteiger partial charge is 0.377 e. The second-order valence-corrected chi connectivity index (χ2v) is 7.36. The summed E-state index contributed by atoms with van der Waals surface area (Å²) in [5.74, 6) is 0. The molecule has 2 fully saturated rings. The van der Waals surface area contributed by atoms with Gasteiger partial charge >= 0.3 is 0 Å². The molecule has 2 atom stereocenters. The molecule has 3 nitrogen and oxygen atoms in total. The fraction of sp³-hybridized carbons (Fsp3) is 0.500. The smallest absolute Gasteiger partial charge is 0.186 e. The van der Waals surface area contributed by atoms with Crippen LogP contribution in [0.5, 0.6) is 0 Å². The molecule has 2 aromatic rings. The van der Waals surface area contributed by atoms with Crippen LogP contribution in [-0.2, 0) is 4.74 Å². The molecular formula is C18H22N2OS. The summed E-state index contributed by atoms with van der Waals surface area (Å²) in [5, 5.41) is 3.38. The average molecular weight is 314 g/mol. The zero-order chi connectivity index (χ0) is 15.3. The Morgan fingerprint density at radius 2 is 1.82 bits per heavy atom. The van der Waals surface area contributed by atoms with Gasteiger partial charge in [-0.1, -0.05) is 12.1 Å². The van der Waals surface area contributed by atoms with E-state index in [1.165, 1.54) is 40.2 Å². The molecule has 22 heavy (non-hydrogen) atoms. The Hall–Kier alpha value is -1.39. The van der Waals surface area contributed by atoms with Crippen LogP contribution in [0.3, 0.4) is 0 Å². The van der Waals surface area contributed by atoms with Gasteiger partial charge in [0.25, 0.3) is 0 Å². The molecule has 0 amide bonds. The molecule has 0 radical (unpaired) electrons. The summed E-state index contributed by atoms with van der Waals surface area (Å²) in [4.78, 5) is 7.47. The number of thiazole rings is 1. The molecule has 4 heteroatoms. The highest BCUT2D eigenvalue weighted by Crippen LogP contribution is 2.38. The minimum Gasteiger partial charge on any atom is -0.377 e. The van der Waals surface area contributed by atoms with Crippen LogP contribution in [0.2, 0.25) is 0 Å². The zero-order valence-corrected chi connectivity index (χ0v) is 14.2. The molecule has 1 aromatic carbocycles. The summed E-state index contributed by atoms with van der Waals surface area (Å²) in [5.41, 5.74) is 6.46. The molecule has 1 unspecified atom stereocenters. The number of rotatable bonds is 2. The SMILES string of the molecule is Cc1ccc(-c2csc(N3C4CC[C@H]3COC4)n2)c(C)c1C. The van der Waals surface area contributed by atoms with E-state index in [4.69, 9.17) is 9.72 Å². The van der Waals surface area contributed by atoms with E-state index in [9.17, 15) is 0 Å². The normalized spacial score (nSPS) is 24.0. The molecule has 0 saturated carbocycles. The molecule has 2 saturated heterocycles. The first kappa shape index (κ1) is 14.2. The van der Waals surface area contributed by atoms with E-state index in [0.29, 0.717) is 12.1 Å². The Kier molecular flexibility index (Phi) is 3.46. The summed E-state index contributed by atoms with van der Waals surface area (Å²) in [6.45, 7) is 8.28. The highest BCUT2D eigenvalue weighted by atomic mass is 32.1. The van der Waals surface area contributed by atoms with E-state index in [1.54, 1.807) is 11.3 Å². The van der Waals surface area contributed by atoms with Crippen molar-refractivity contribution in [1.82, 2.24) is 4.98 Å². The van der Waals surface area contributed by atoms with E-state index in [-0.39, 0.29) is 0 Å². The predicted octanol–water partition coefficient (Wildman–Crippen LogP) is 4.10. The lowest BCUT2D eigenvalue weighted by molar-refractivity contribution is 0.0906. The number of anilines is 1. The van der Waals surface area contributed by atoms with E-state index in [1.807, 2.05) is 0 Å². The highest BCUT2D eigenvalue weighted by Gasteiger charge is 2.38. The Morgan fingerprint density at radius 3 is 2.55 bits per heavy atom. The van der Waals surface area contributed by atoms with Crippen LogP contribution in [0.25, 0.3) is 11.3 Å². The van der Waals surface area contributed by atoms with Crippen molar-refractivity contribution in [1.29, 1.82) is 0 Å². The first-order valence-electron chi connectivity index (χ1n) is 8.04. The molecule has 1 aromatic heterocycles. The number of fused-ring (bicyclic) bond motifs is 2. The zero-order valence-electron chi connectivity index (χ0n) is 13.4. The van der Waals surface area contributed by atoms with Crippen molar-refractivity contribution in [2.24, 2.45) is 0 Å². The molecule has 2 aliphatic heterocycles. The van der Waals surface area contributed by atoms with E-state index < -0.39 is 0 Å². The van der Waals surface area contributed by atoms with Crippen LogP contribution in [0.1, 0.15) is 29.5 Å². The Bertz CT molecular complexity index is 693. The first-order valence-corrected chi connectivity index (χ1v) is 8.92. The summed E-state index contributed by atoms with van der Waals surface area (Å²) in [6.07, 6.45) is 2.48. The van der Waals surface area contributed by atoms with Gasteiger partial charge < -0.3 is 9.64 Å². The first-order chi connectivity index (χ1) is 10.6. The molecular weight excluding hydrogens is 292 g/mol. The van der Waals surface area contributed by atoms with Crippen LogP contribution in [-0.4, -0.2) is 30.3 Å². The van der Waals surface area contributed by atoms with Crippen LogP contribution < -0.4 is 4.90 Å². The van der Waals surface area contributed by atoms with Gasteiger partial charge in [0, 0.05) is 10.9 Å². The molecule has 3 heterocycles. The van der Waals surface area contributed by atoms with Gasteiger partial charge in [-0.25, -0.2) is 4.98 Å². The van der Waals surface area contributed by atoms with Gasteiger partial charge in [0.2, 0.25) is 0 Å². The third-order valence-electron chi connectivity index (χ3n) is 5.29. The summed E-state index contributed by atoms with van der Waals surface area (Å²) in [6, 6.07) is 5.47. The van der Waals surface area contributed by atoms with Crippen LogP contribution in [0.4, 0.5) is 5.13 Å². The van der Waals surface area contributed by atoms with Crippen molar-refractivity contribution in [3.8, 4) is 11.3 Å². The predicted molar refractivity (Wildman–Crippen MR) is 91.9 cm³/mol. The fourth-order valence-corrected chi connectivity index (χ4v) is 4.65. The van der Waals surface area contributed by atoms with Gasteiger partial charge in [-0.3, -0.25) is 0 Å². The Morgan fingerprint density at radius 1 is 1.09 bits per heavy atom. The third kappa shape index (κ3) is 2.17. The van der Waals surface area contributed by atoms with Gasteiger partial charge in [-0.15, -0.1) is 11.3 Å². The number of benzene rings is 1. The lowest BCUT2D eigenvalue weighted by Crippen LogP contribution is -2.45. The molecule has 2 aliphatic rings. The molecule has 116 valence electrons. The molecule has 4 rings (SSSR count). The number of nitrogens with zero attached hydrogens (tertiary/aromatic N) is 2. The minimum atomic E-state index is 0.526. The number of aryl methyl sites for hydroxylation is 1. The quantitative estimate of drug-likeness (QED) is 0.834. The summed E-state index contributed by atoms with van der Waals surface area (Å²) < 4.78 is 5.68. The lowest BCUT2D eigenvalue weighted by Gasteiger charge is -2.34. The van der Waals surface area contributed by atoms with Crippen LogP contribution in [0.15, 0.2) is 17.5 Å². The fourth-order valence-electron chi connectivity index (χ4n) is 3.68. The number of hydrogen-bond donors (Lipinski definition) is 0. The van der Waals surface area contributed by atoms with Gasteiger partial charge in [-0.05, 0) is 50.3 Å². The molecule has 0 N–H and O–H groups in total. The lowest BCUT2D eigenvalue weighted by atomic mass is 9.97. The molecule has 2 bridgehead atoms. The van der Waals surface area contributed by atoms with Crippen LogP contribution >= 0.6 is 11.3 Å². The van der Waals surface area contributed by atoms with E-state index >= 15 is 0 Å². The standard InChI is InChI=1S/C18H22N2OS/c1-11-4-7-16(13(3)12(11)2)17-10-22-18(19-17)20-14-5-6-15(20)9-21-8-14/h4,7,10,14-15H,5-6,8-9H2,1-3H3/t14-,15?/m0/s1. The number of aromatic nitrogens is 1. The monoisotopic (exact) mass is 314 g/mol. The van der Waals surface area contributed by atoms with E-state index in [2.05, 4.69) is 43.2 Å². The number of ether oxygens (including phenoxy) is 1. The molecule has 0 aliphatic carbocycles. The van der Waals surface area contributed by atoms with Crippen LogP contribution in [0, 0.1) is 20.8 Å². The van der Waals surface area contributed by atoms with Crippen molar-refractivity contribution < 1.29 is 4.74 Å². The summed E-state index contributed by atoms with van der Waals surface area (Å²) in [7, 11) is 0. The summed E-state index contributed by atoms with van der Waals surface area (Å²) >= 11 is 1.78. The number of hydrogen-bond acceptors (Lipinski definition) is 4. The average Bonchev–Trinajstić information content (AvgIpc) is 3.07. The second-order valence-electron chi connectivity index (χ2n) is 6.53. The molecule has 0 spiro atoms. The Balaban J connectivity index is 1.69. The highest BCUT2D eigenvalue weighted by molar-refractivity contribution is 7.14. The maximum atomic E-state index is 5.68.